The number of rotatable bonds is 4. The van der Waals surface area contributed by atoms with Crippen LogP contribution in [0.15, 0.2) is 36.4 Å². The van der Waals surface area contributed by atoms with Gasteiger partial charge in [-0.3, -0.25) is 14.9 Å². The molecule has 0 saturated heterocycles. The van der Waals surface area contributed by atoms with Crippen LogP contribution in [0.25, 0.3) is 10.8 Å². The van der Waals surface area contributed by atoms with Crippen LogP contribution in [-0.2, 0) is 16.0 Å². The van der Waals surface area contributed by atoms with Crippen molar-refractivity contribution in [1.82, 2.24) is 0 Å². The number of carbonyl (C=O) groups is 1. The molecule has 2 rings (SSSR count). The summed E-state index contributed by atoms with van der Waals surface area (Å²) in [5.41, 5.74) is 1.02. The molecule has 0 bridgehead atoms. The number of hydrogen-bond acceptors (Lipinski definition) is 4. The summed E-state index contributed by atoms with van der Waals surface area (Å²) in [6.07, 6.45) is 0.540. The van der Waals surface area contributed by atoms with Crippen LogP contribution in [0.4, 0.5) is 5.69 Å². The summed E-state index contributed by atoms with van der Waals surface area (Å²) in [4.78, 5) is 21.3. The summed E-state index contributed by atoms with van der Waals surface area (Å²) < 4.78 is 4.90. The van der Waals surface area contributed by atoms with Gasteiger partial charge in [-0.2, -0.15) is 0 Å². The molecule has 0 aromatic heterocycles. The zero-order valence-electron chi connectivity index (χ0n) is 10.5. The number of hydrogen-bond donors (Lipinski definition) is 0. The molecule has 0 aliphatic rings. The van der Waals surface area contributed by atoms with E-state index < -0.39 is 4.92 Å². The lowest BCUT2D eigenvalue weighted by Crippen LogP contribution is -2.03. The van der Waals surface area contributed by atoms with Crippen LogP contribution in [0, 0.1) is 10.1 Å². The summed E-state index contributed by atoms with van der Waals surface area (Å²) in [6.45, 7) is 1.63. The van der Waals surface area contributed by atoms with Gasteiger partial charge in [0.2, 0.25) is 0 Å². The molecule has 0 aliphatic carbocycles. The lowest BCUT2D eigenvalue weighted by molar-refractivity contribution is -0.383. The first kappa shape index (κ1) is 13.0. The molecule has 2 aromatic carbocycles. The normalized spacial score (nSPS) is 10.4. The molecule has 0 radical (unpaired) electrons. The van der Waals surface area contributed by atoms with Crippen molar-refractivity contribution >= 4 is 22.4 Å². The third-order valence-electron chi connectivity index (χ3n) is 2.86. The van der Waals surface area contributed by atoms with Gasteiger partial charge in [0, 0.05) is 19.4 Å². The van der Waals surface area contributed by atoms with E-state index >= 15 is 0 Å². The standard InChI is InChI=1S/C14H13NO4/c1-10(16)19-9-8-11-4-2-6-13-12(11)5-3-7-14(13)15(17)18/h2-7H,8-9H2,1H3. The Bertz CT molecular complexity index is 636. The Balaban J connectivity index is 2.38. The highest BCUT2D eigenvalue weighted by atomic mass is 16.6. The highest BCUT2D eigenvalue weighted by Crippen LogP contribution is 2.27. The third kappa shape index (κ3) is 2.88. The zero-order valence-corrected chi connectivity index (χ0v) is 10.5. The molecule has 0 spiro atoms. The van der Waals surface area contributed by atoms with E-state index in [-0.39, 0.29) is 18.3 Å². The summed E-state index contributed by atoms with van der Waals surface area (Å²) >= 11 is 0. The number of fused-ring (bicyclic) bond motifs is 1. The van der Waals surface area contributed by atoms with Gasteiger partial charge in [0.15, 0.2) is 0 Å². The lowest BCUT2D eigenvalue weighted by atomic mass is 10.0. The molecule has 19 heavy (non-hydrogen) atoms. The van der Waals surface area contributed by atoms with E-state index in [0.29, 0.717) is 11.8 Å². The van der Waals surface area contributed by atoms with Crippen LogP contribution < -0.4 is 0 Å². The Morgan fingerprint density at radius 1 is 1.21 bits per heavy atom. The van der Waals surface area contributed by atoms with E-state index in [1.807, 2.05) is 12.1 Å². The number of esters is 1. The van der Waals surface area contributed by atoms with E-state index in [1.54, 1.807) is 18.2 Å². The van der Waals surface area contributed by atoms with Crippen LogP contribution in [0.1, 0.15) is 12.5 Å². The Hall–Kier alpha value is -2.43. The van der Waals surface area contributed by atoms with E-state index in [4.69, 9.17) is 4.74 Å². The molecular weight excluding hydrogens is 246 g/mol. The number of ether oxygens (including phenoxy) is 1. The lowest BCUT2D eigenvalue weighted by Gasteiger charge is -2.07. The van der Waals surface area contributed by atoms with Gasteiger partial charge in [-0.1, -0.05) is 24.3 Å². The van der Waals surface area contributed by atoms with Gasteiger partial charge < -0.3 is 4.74 Å². The fourth-order valence-corrected chi connectivity index (χ4v) is 2.04. The maximum Gasteiger partial charge on any atom is 0.302 e. The Labute approximate surface area is 110 Å². The number of nitro benzene ring substituents is 1. The second-order valence-corrected chi connectivity index (χ2v) is 4.14. The van der Waals surface area contributed by atoms with Gasteiger partial charge in [0.1, 0.15) is 0 Å². The molecule has 0 atom stereocenters. The minimum absolute atomic E-state index is 0.0897. The molecule has 98 valence electrons. The Morgan fingerprint density at radius 3 is 2.58 bits per heavy atom. The molecule has 5 heteroatoms. The van der Waals surface area contributed by atoms with Crippen LogP contribution in [0.2, 0.25) is 0 Å². The van der Waals surface area contributed by atoms with Gasteiger partial charge in [-0.05, 0) is 17.0 Å². The molecule has 0 N–H and O–H groups in total. The van der Waals surface area contributed by atoms with Crippen molar-refractivity contribution in [1.29, 1.82) is 0 Å². The summed E-state index contributed by atoms with van der Waals surface area (Å²) in [5.74, 6) is -0.328. The second-order valence-electron chi connectivity index (χ2n) is 4.14. The Kier molecular flexibility index (Phi) is 3.75. The first-order chi connectivity index (χ1) is 9.09. The highest BCUT2D eigenvalue weighted by Gasteiger charge is 2.12. The Morgan fingerprint density at radius 2 is 1.89 bits per heavy atom. The van der Waals surface area contributed by atoms with Crippen molar-refractivity contribution in [2.45, 2.75) is 13.3 Å². The van der Waals surface area contributed by atoms with Crippen molar-refractivity contribution in [3.8, 4) is 0 Å². The quantitative estimate of drug-likeness (QED) is 0.481. The monoisotopic (exact) mass is 259 g/mol. The summed E-state index contributed by atoms with van der Waals surface area (Å²) in [5, 5.41) is 12.4. The minimum Gasteiger partial charge on any atom is -0.466 e. The number of nitro groups is 1. The summed E-state index contributed by atoms with van der Waals surface area (Å²) in [7, 11) is 0. The first-order valence-corrected chi connectivity index (χ1v) is 5.88. The number of benzene rings is 2. The van der Waals surface area contributed by atoms with Crippen molar-refractivity contribution in [2.75, 3.05) is 6.61 Å². The molecule has 2 aromatic rings. The zero-order chi connectivity index (χ0) is 13.8. The van der Waals surface area contributed by atoms with Crippen molar-refractivity contribution in [3.63, 3.8) is 0 Å². The topological polar surface area (TPSA) is 69.4 Å². The number of non-ortho nitro benzene ring substituents is 1. The molecular formula is C14H13NO4. The average molecular weight is 259 g/mol. The van der Waals surface area contributed by atoms with Gasteiger partial charge in [-0.15, -0.1) is 0 Å². The highest BCUT2D eigenvalue weighted by molar-refractivity contribution is 5.93. The number of nitrogens with zero attached hydrogens (tertiary/aromatic N) is 1. The first-order valence-electron chi connectivity index (χ1n) is 5.88. The third-order valence-corrected chi connectivity index (χ3v) is 2.86. The molecule has 0 aliphatic heterocycles. The maximum absolute atomic E-state index is 11.0. The van der Waals surface area contributed by atoms with E-state index in [2.05, 4.69) is 0 Å². The molecule has 0 amide bonds. The fraction of sp³-hybridized carbons (Fsp3) is 0.214. The van der Waals surface area contributed by atoms with Crippen LogP contribution in [0.3, 0.4) is 0 Å². The maximum atomic E-state index is 11.0. The second kappa shape index (κ2) is 5.48. The number of carbonyl (C=O) groups excluding carboxylic acids is 1. The van der Waals surface area contributed by atoms with Gasteiger partial charge in [-0.25, -0.2) is 0 Å². The predicted molar refractivity (Wildman–Crippen MR) is 70.9 cm³/mol. The average Bonchev–Trinajstić information content (AvgIpc) is 2.37. The van der Waals surface area contributed by atoms with E-state index in [0.717, 1.165) is 10.9 Å². The molecule has 0 unspecified atom stereocenters. The van der Waals surface area contributed by atoms with Crippen LogP contribution in [-0.4, -0.2) is 17.5 Å². The molecule has 0 heterocycles. The van der Waals surface area contributed by atoms with Crippen molar-refractivity contribution in [2.24, 2.45) is 0 Å². The van der Waals surface area contributed by atoms with Gasteiger partial charge in [0.25, 0.3) is 5.69 Å². The SMILES string of the molecule is CC(=O)OCCc1cccc2c([N+](=O)[O-])cccc12. The van der Waals surface area contributed by atoms with Gasteiger partial charge >= 0.3 is 5.97 Å². The molecule has 0 fully saturated rings. The molecule has 0 saturated carbocycles. The van der Waals surface area contributed by atoms with Crippen molar-refractivity contribution in [3.05, 3.63) is 52.1 Å². The fourth-order valence-electron chi connectivity index (χ4n) is 2.04. The van der Waals surface area contributed by atoms with E-state index in [9.17, 15) is 14.9 Å². The van der Waals surface area contributed by atoms with Crippen LogP contribution in [0.5, 0.6) is 0 Å². The molecule has 5 nitrogen and oxygen atoms in total. The van der Waals surface area contributed by atoms with Crippen LogP contribution >= 0.6 is 0 Å². The predicted octanol–water partition coefficient (Wildman–Crippen LogP) is 2.85. The smallest absolute Gasteiger partial charge is 0.302 e. The minimum atomic E-state index is -0.391. The summed E-state index contributed by atoms with van der Waals surface area (Å²) in [6, 6.07) is 10.4. The van der Waals surface area contributed by atoms with Crippen molar-refractivity contribution < 1.29 is 14.5 Å². The largest absolute Gasteiger partial charge is 0.466 e. The van der Waals surface area contributed by atoms with Gasteiger partial charge in [0.05, 0.1) is 16.9 Å². The van der Waals surface area contributed by atoms with E-state index in [1.165, 1.54) is 13.0 Å².